The maximum Gasteiger partial charge on any atom is 0.298 e. The average Bonchev–Trinajstić information content (AvgIpc) is 3.13. The molecule has 2 fully saturated rings. The maximum atomic E-state index is 13.5. The van der Waals surface area contributed by atoms with E-state index in [1.165, 1.54) is 0 Å². The van der Waals surface area contributed by atoms with E-state index < -0.39 is 53.2 Å². The molecule has 1 aromatic rings. The highest BCUT2D eigenvalue weighted by Gasteiger charge is 2.42. The molecule has 1 saturated carbocycles. The average molecular weight is 494 g/mol. The number of halogens is 4. The SMILES string of the molecule is CC1(CC(NC(=O)c2cc(C(F)F)on2)C(=O)NN(CC2CCNC2=O)C(=O)C(F)Cl)CC1. The Morgan fingerprint density at radius 1 is 1.36 bits per heavy atom. The molecule has 0 radical (unpaired) electrons. The number of carbonyl (C=O) groups excluding carboxylic acids is 4. The summed E-state index contributed by atoms with van der Waals surface area (Å²) in [5, 5.41) is 8.86. The summed E-state index contributed by atoms with van der Waals surface area (Å²) >= 11 is 5.26. The zero-order valence-electron chi connectivity index (χ0n) is 17.6. The summed E-state index contributed by atoms with van der Waals surface area (Å²) in [6.45, 7) is 1.93. The van der Waals surface area contributed by atoms with Crippen LogP contribution in [0.15, 0.2) is 10.6 Å². The molecule has 0 aromatic carbocycles. The molecule has 0 spiro atoms. The molecule has 1 aliphatic heterocycles. The van der Waals surface area contributed by atoms with E-state index >= 15 is 0 Å². The largest absolute Gasteiger partial charge is 0.356 e. The highest BCUT2D eigenvalue weighted by atomic mass is 35.5. The predicted octanol–water partition coefficient (Wildman–Crippen LogP) is 1.43. The molecule has 3 N–H and O–H groups in total. The van der Waals surface area contributed by atoms with E-state index in [2.05, 4.69) is 25.7 Å². The third-order valence-corrected chi connectivity index (χ3v) is 5.85. The highest BCUT2D eigenvalue weighted by molar-refractivity contribution is 6.29. The summed E-state index contributed by atoms with van der Waals surface area (Å²) in [5.74, 6) is -4.92. The van der Waals surface area contributed by atoms with Crippen LogP contribution in [-0.2, 0) is 14.4 Å². The van der Waals surface area contributed by atoms with Crippen LogP contribution in [0, 0.1) is 11.3 Å². The number of aromatic nitrogens is 1. The van der Waals surface area contributed by atoms with Gasteiger partial charge in [-0.1, -0.05) is 23.7 Å². The van der Waals surface area contributed by atoms with Gasteiger partial charge < -0.3 is 15.2 Å². The van der Waals surface area contributed by atoms with Crippen molar-refractivity contribution in [3.63, 3.8) is 0 Å². The minimum absolute atomic E-state index is 0.163. The van der Waals surface area contributed by atoms with Crippen molar-refractivity contribution in [3.05, 3.63) is 17.5 Å². The molecule has 0 bridgehead atoms. The number of rotatable bonds is 9. The lowest BCUT2D eigenvalue weighted by Crippen LogP contribution is -2.57. The van der Waals surface area contributed by atoms with E-state index in [1.807, 2.05) is 6.92 Å². The molecular formula is C19H23ClF3N5O5. The minimum Gasteiger partial charge on any atom is -0.356 e. The van der Waals surface area contributed by atoms with Crippen molar-refractivity contribution in [1.29, 1.82) is 0 Å². The van der Waals surface area contributed by atoms with Crippen LogP contribution in [0.1, 0.15) is 55.3 Å². The van der Waals surface area contributed by atoms with Crippen LogP contribution in [0.4, 0.5) is 13.2 Å². The Kier molecular flexibility index (Phi) is 7.50. The first-order valence-electron chi connectivity index (χ1n) is 10.2. The summed E-state index contributed by atoms with van der Waals surface area (Å²) in [4.78, 5) is 49.5. The summed E-state index contributed by atoms with van der Waals surface area (Å²) in [6.07, 6.45) is -0.874. The highest BCUT2D eigenvalue weighted by Crippen LogP contribution is 2.48. The predicted molar refractivity (Wildman–Crippen MR) is 106 cm³/mol. The van der Waals surface area contributed by atoms with E-state index in [-0.39, 0.29) is 24.3 Å². The zero-order chi connectivity index (χ0) is 24.3. The molecule has 3 rings (SSSR count). The van der Waals surface area contributed by atoms with E-state index in [0.717, 1.165) is 18.9 Å². The molecule has 1 aromatic heterocycles. The van der Waals surface area contributed by atoms with Gasteiger partial charge in [0, 0.05) is 12.6 Å². The standard InChI is InChI=1S/C19H23ClF3N5O5/c1-19(3-4-19)7-11(25-16(30)10-6-12(14(22)23)33-27-10)17(31)26-28(18(32)13(20)21)8-9-2-5-24-15(9)29/h6,9,11,13-14H,2-5,7-8H2,1H3,(H,24,29)(H,25,30)(H,26,31). The minimum atomic E-state index is -2.97. The second-order valence-electron chi connectivity index (χ2n) is 8.46. The fraction of sp³-hybridized carbons (Fsp3) is 0.632. The molecule has 2 aliphatic rings. The van der Waals surface area contributed by atoms with Crippen LogP contribution in [0.3, 0.4) is 0 Å². The Morgan fingerprint density at radius 2 is 2.06 bits per heavy atom. The molecule has 14 heteroatoms. The summed E-state index contributed by atoms with van der Waals surface area (Å²) in [6, 6.07) is -0.457. The molecule has 10 nitrogen and oxygen atoms in total. The van der Waals surface area contributed by atoms with Crippen molar-refractivity contribution in [2.24, 2.45) is 11.3 Å². The van der Waals surface area contributed by atoms with Crippen LogP contribution >= 0.6 is 11.6 Å². The van der Waals surface area contributed by atoms with Crippen molar-refractivity contribution >= 4 is 35.2 Å². The fourth-order valence-electron chi connectivity index (χ4n) is 3.41. The molecule has 33 heavy (non-hydrogen) atoms. The summed E-state index contributed by atoms with van der Waals surface area (Å²) in [7, 11) is 0. The lowest BCUT2D eigenvalue weighted by Gasteiger charge is -2.28. The van der Waals surface area contributed by atoms with Crippen molar-refractivity contribution in [2.75, 3.05) is 13.1 Å². The molecule has 1 saturated heterocycles. The normalized spacial score (nSPS) is 20.7. The van der Waals surface area contributed by atoms with Gasteiger partial charge in [-0.15, -0.1) is 0 Å². The zero-order valence-corrected chi connectivity index (χ0v) is 18.3. The van der Waals surface area contributed by atoms with Gasteiger partial charge in [0.25, 0.3) is 29.8 Å². The Morgan fingerprint density at radius 3 is 2.58 bits per heavy atom. The van der Waals surface area contributed by atoms with Gasteiger partial charge in [0.15, 0.2) is 5.69 Å². The number of alkyl halides is 4. The number of carbonyl (C=O) groups is 4. The van der Waals surface area contributed by atoms with E-state index in [1.54, 1.807) is 0 Å². The summed E-state index contributed by atoms with van der Waals surface area (Å²) in [5.41, 5.74) is -0.944. The molecule has 3 unspecified atom stereocenters. The number of hydrazine groups is 1. The quantitative estimate of drug-likeness (QED) is 0.352. The number of nitrogens with one attached hydrogen (secondary N) is 3. The molecule has 4 amide bonds. The van der Waals surface area contributed by atoms with Crippen LogP contribution in [-0.4, -0.2) is 58.6 Å². The van der Waals surface area contributed by atoms with Crippen LogP contribution in [0.2, 0.25) is 0 Å². The van der Waals surface area contributed by atoms with Gasteiger partial charge in [-0.05, 0) is 31.1 Å². The lowest BCUT2D eigenvalue weighted by molar-refractivity contribution is -0.145. The summed E-state index contributed by atoms with van der Waals surface area (Å²) < 4.78 is 43.3. The topological polar surface area (TPSA) is 134 Å². The van der Waals surface area contributed by atoms with Crippen LogP contribution < -0.4 is 16.1 Å². The van der Waals surface area contributed by atoms with E-state index in [0.29, 0.717) is 18.0 Å². The number of hydrogen-bond acceptors (Lipinski definition) is 6. The Labute approximate surface area is 191 Å². The van der Waals surface area contributed by atoms with Gasteiger partial charge in [-0.25, -0.2) is 18.2 Å². The first-order chi connectivity index (χ1) is 15.5. The fourth-order valence-corrected chi connectivity index (χ4v) is 3.53. The van der Waals surface area contributed by atoms with E-state index in [9.17, 15) is 32.3 Å². The Balaban J connectivity index is 1.73. The molecule has 1 aliphatic carbocycles. The molecular weight excluding hydrogens is 471 g/mol. The second kappa shape index (κ2) is 9.98. The smallest absolute Gasteiger partial charge is 0.298 e. The lowest BCUT2D eigenvalue weighted by atomic mass is 9.98. The first-order valence-corrected chi connectivity index (χ1v) is 10.7. The number of nitrogens with zero attached hydrogens (tertiary/aromatic N) is 2. The monoisotopic (exact) mass is 493 g/mol. The van der Waals surface area contributed by atoms with Crippen molar-refractivity contribution in [1.82, 2.24) is 26.2 Å². The molecule has 182 valence electrons. The Bertz CT molecular complexity index is 923. The van der Waals surface area contributed by atoms with Gasteiger partial charge in [0.05, 0.1) is 12.5 Å². The van der Waals surface area contributed by atoms with Gasteiger partial charge in [0.2, 0.25) is 11.7 Å². The first kappa shape index (κ1) is 24.8. The maximum absolute atomic E-state index is 13.5. The number of hydrogen-bond donors (Lipinski definition) is 3. The number of amides is 4. The Hall–Kier alpha value is -2.83. The van der Waals surface area contributed by atoms with Gasteiger partial charge in [0.1, 0.15) is 6.04 Å². The van der Waals surface area contributed by atoms with Crippen molar-refractivity contribution < 1.29 is 36.9 Å². The van der Waals surface area contributed by atoms with Gasteiger partial charge in [-0.3, -0.25) is 24.6 Å². The van der Waals surface area contributed by atoms with Crippen molar-refractivity contribution in [2.45, 2.75) is 50.7 Å². The van der Waals surface area contributed by atoms with Gasteiger partial charge in [-0.2, -0.15) is 0 Å². The molecule has 2 heterocycles. The molecule has 3 atom stereocenters. The van der Waals surface area contributed by atoms with Crippen LogP contribution in [0.25, 0.3) is 0 Å². The van der Waals surface area contributed by atoms with Crippen molar-refractivity contribution in [3.8, 4) is 0 Å². The second-order valence-corrected chi connectivity index (χ2v) is 8.84. The van der Waals surface area contributed by atoms with E-state index in [4.69, 9.17) is 11.6 Å². The van der Waals surface area contributed by atoms with Crippen LogP contribution in [0.5, 0.6) is 0 Å². The third kappa shape index (κ3) is 6.36. The third-order valence-electron chi connectivity index (χ3n) is 5.66. The van der Waals surface area contributed by atoms with Gasteiger partial charge >= 0.3 is 0 Å².